The second-order valence-electron chi connectivity index (χ2n) is 7.18. The van der Waals surface area contributed by atoms with E-state index < -0.39 is 0 Å². The summed E-state index contributed by atoms with van der Waals surface area (Å²) in [7, 11) is 4.58. The van der Waals surface area contributed by atoms with Gasteiger partial charge in [0.25, 0.3) is 11.8 Å². The maximum atomic E-state index is 13.2. The lowest BCUT2D eigenvalue weighted by molar-refractivity contribution is 0.0702. The van der Waals surface area contributed by atoms with E-state index in [1.54, 1.807) is 23.2 Å². The summed E-state index contributed by atoms with van der Waals surface area (Å²) in [5, 5.41) is 4.14. The quantitative estimate of drug-likeness (QED) is 0.595. The molecule has 162 valence electrons. The van der Waals surface area contributed by atoms with Crippen molar-refractivity contribution in [1.29, 1.82) is 0 Å². The largest absolute Gasteiger partial charge is 0.493 e. The van der Waals surface area contributed by atoms with E-state index in [2.05, 4.69) is 15.1 Å². The van der Waals surface area contributed by atoms with Gasteiger partial charge in [-0.15, -0.1) is 0 Å². The van der Waals surface area contributed by atoms with Crippen LogP contribution in [0.25, 0.3) is 11.6 Å². The fraction of sp³-hybridized carbons (Fsp3) is 0.364. The van der Waals surface area contributed by atoms with Crippen LogP contribution in [0.2, 0.25) is 0 Å². The highest BCUT2D eigenvalue weighted by atomic mass is 16.5. The summed E-state index contributed by atoms with van der Waals surface area (Å²) >= 11 is 0. The first-order valence-corrected chi connectivity index (χ1v) is 9.99. The number of ether oxygens (including phenoxy) is 3. The van der Waals surface area contributed by atoms with Gasteiger partial charge in [0.15, 0.2) is 17.3 Å². The number of carbonyl (C=O) groups excluding carboxylic acids is 1. The van der Waals surface area contributed by atoms with E-state index in [1.807, 2.05) is 18.2 Å². The molecule has 1 fully saturated rings. The third-order valence-corrected chi connectivity index (χ3v) is 5.31. The van der Waals surface area contributed by atoms with Gasteiger partial charge in [-0.3, -0.25) is 9.78 Å². The van der Waals surface area contributed by atoms with E-state index >= 15 is 0 Å². The van der Waals surface area contributed by atoms with Gasteiger partial charge in [-0.2, -0.15) is 4.98 Å². The first-order chi connectivity index (χ1) is 15.1. The van der Waals surface area contributed by atoms with Crippen molar-refractivity contribution in [3.63, 3.8) is 0 Å². The van der Waals surface area contributed by atoms with Gasteiger partial charge < -0.3 is 23.6 Å². The zero-order chi connectivity index (χ0) is 21.8. The van der Waals surface area contributed by atoms with Crippen LogP contribution in [0.15, 0.2) is 41.1 Å². The third kappa shape index (κ3) is 4.16. The lowest BCUT2D eigenvalue weighted by atomic mass is 9.96. The normalized spacial score (nSPS) is 16.1. The summed E-state index contributed by atoms with van der Waals surface area (Å²) in [5.41, 5.74) is 1.10. The fourth-order valence-corrected chi connectivity index (χ4v) is 3.75. The summed E-state index contributed by atoms with van der Waals surface area (Å²) in [6.07, 6.45) is 3.39. The molecule has 0 bridgehead atoms. The minimum absolute atomic E-state index is 0.0130. The zero-order valence-electron chi connectivity index (χ0n) is 17.7. The summed E-state index contributed by atoms with van der Waals surface area (Å²) < 4.78 is 21.5. The topological polar surface area (TPSA) is 99.8 Å². The van der Waals surface area contributed by atoms with Gasteiger partial charge in [-0.05, 0) is 37.1 Å². The molecule has 0 N–H and O–H groups in total. The number of aromatic nitrogens is 3. The van der Waals surface area contributed by atoms with E-state index in [-0.39, 0.29) is 11.8 Å². The first kappa shape index (κ1) is 20.6. The predicted molar refractivity (Wildman–Crippen MR) is 112 cm³/mol. The maximum absolute atomic E-state index is 13.2. The molecule has 9 nitrogen and oxygen atoms in total. The Bertz CT molecular complexity index is 1030. The highest BCUT2D eigenvalue weighted by Crippen LogP contribution is 2.39. The van der Waals surface area contributed by atoms with Crippen molar-refractivity contribution in [3.05, 3.63) is 47.9 Å². The van der Waals surface area contributed by atoms with Crippen LogP contribution in [-0.2, 0) is 0 Å². The van der Waals surface area contributed by atoms with Crippen molar-refractivity contribution in [2.75, 3.05) is 34.4 Å². The van der Waals surface area contributed by atoms with Crippen LogP contribution in [0.1, 0.15) is 34.9 Å². The van der Waals surface area contributed by atoms with Crippen LogP contribution >= 0.6 is 0 Å². The minimum Gasteiger partial charge on any atom is -0.493 e. The van der Waals surface area contributed by atoms with Crippen molar-refractivity contribution < 1.29 is 23.5 Å². The number of carbonyl (C=O) groups is 1. The summed E-state index contributed by atoms with van der Waals surface area (Å²) in [4.78, 5) is 23.8. The molecule has 1 atom stereocenters. The van der Waals surface area contributed by atoms with Crippen molar-refractivity contribution in [2.24, 2.45) is 0 Å². The summed E-state index contributed by atoms with van der Waals surface area (Å²) in [5.74, 6) is 2.17. The molecule has 2 aromatic heterocycles. The van der Waals surface area contributed by atoms with Crippen LogP contribution < -0.4 is 14.2 Å². The number of methoxy groups -OCH3 is 3. The van der Waals surface area contributed by atoms with E-state index in [9.17, 15) is 4.79 Å². The number of rotatable bonds is 6. The Hall–Kier alpha value is -3.62. The van der Waals surface area contributed by atoms with Crippen LogP contribution in [0.5, 0.6) is 17.2 Å². The number of piperidine rings is 1. The predicted octanol–water partition coefficient (Wildman–Crippen LogP) is 3.18. The number of hydrogen-bond acceptors (Lipinski definition) is 8. The monoisotopic (exact) mass is 424 g/mol. The third-order valence-electron chi connectivity index (χ3n) is 5.31. The Morgan fingerprint density at radius 3 is 2.55 bits per heavy atom. The van der Waals surface area contributed by atoms with Gasteiger partial charge in [-0.1, -0.05) is 11.2 Å². The van der Waals surface area contributed by atoms with Crippen LogP contribution in [0, 0.1) is 0 Å². The van der Waals surface area contributed by atoms with E-state index in [0.717, 1.165) is 12.8 Å². The van der Waals surface area contributed by atoms with E-state index in [0.29, 0.717) is 53.3 Å². The molecule has 9 heteroatoms. The minimum atomic E-state index is -0.114. The second-order valence-corrected chi connectivity index (χ2v) is 7.18. The van der Waals surface area contributed by atoms with Gasteiger partial charge >= 0.3 is 0 Å². The molecule has 3 aromatic rings. The fourth-order valence-electron chi connectivity index (χ4n) is 3.75. The van der Waals surface area contributed by atoms with Crippen molar-refractivity contribution in [1.82, 2.24) is 20.0 Å². The molecule has 4 rings (SSSR count). The Morgan fingerprint density at radius 2 is 1.90 bits per heavy atom. The van der Waals surface area contributed by atoms with Crippen molar-refractivity contribution >= 4 is 5.91 Å². The molecule has 1 amide bonds. The number of amides is 1. The van der Waals surface area contributed by atoms with E-state index in [1.165, 1.54) is 21.3 Å². The molecular weight excluding hydrogens is 400 g/mol. The molecule has 3 heterocycles. The van der Waals surface area contributed by atoms with Gasteiger partial charge in [0.05, 0.1) is 21.3 Å². The number of likely N-dealkylation sites (tertiary alicyclic amines) is 1. The van der Waals surface area contributed by atoms with E-state index in [4.69, 9.17) is 18.7 Å². The smallest absolute Gasteiger partial charge is 0.276 e. The Labute approximate surface area is 179 Å². The van der Waals surface area contributed by atoms with Crippen LogP contribution in [0.3, 0.4) is 0 Å². The zero-order valence-corrected chi connectivity index (χ0v) is 17.7. The van der Waals surface area contributed by atoms with Crippen molar-refractivity contribution in [2.45, 2.75) is 18.8 Å². The number of pyridine rings is 1. The molecular formula is C22H24N4O5. The molecule has 1 aliphatic heterocycles. The molecule has 0 saturated carbocycles. The number of hydrogen-bond donors (Lipinski definition) is 0. The molecule has 1 saturated heterocycles. The highest BCUT2D eigenvalue weighted by Gasteiger charge is 2.30. The standard InChI is InChI=1S/C22H24N4O5/c1-28-17-11-15(12-18(29-2)19(17)30-3)22(27)26-10-6-7-14(13-26)20-24-21(31-25-20)16-8-4-5-9-23-16/h4-5,8-9,11-12,14H,6-7,10,13H2,1-3H3/t14-/m1/s1. The Balaban J connectivity index is 1.54. The van der Waals surface area contributed by atoms with Gasteiger partial charge in [-0.25, -0.2) is 0 Å². The van der Waals surface area contributed by atoms with Gasteiger partial charge in [0.2, 0.25) is 5.75 Å². The number of benzene rings is 1. The Kier molecular flexibility index (Phi) is 6.01. The molecule has 1 aliphatic rings. The van der Waals surface area contributed by atoms with Crippen molar-refractivity contribution in [3.8, 4) is 28.8 Å². The molecule has 0 aliphatic carbocycles. The first-order valence-electron chi connectivity index (χ1n) is 9.99. The average molecular weight is 424 g/mol. The average Bonchev–Trinajstić information content (AvgIpc) is 3.33. The Morgan fingerprint density at radius 1 is 1.13 bits per heavy atom. The molecule has 31 heavy (non-hydrogen) atoms. The molecule has 1 aromatic carbocycles. The van der Waals surface area contributed by atoms with Gasteiger partial charge in [0.1, 0.15) is 5.69 Å². The lowest BCUT2D eigenvalue weighted by Gasteiger charge is -2.31. The van der Waals surface area contributed by atoms with Crippen LogP contribution in [-0.4, -0.2) is 60.4 Å². The summed E-state index contributed by atoms with van der Waals surface area (Å²) in [6, 6.07) is 8.85. The number of nitrogens with zero attached hydrogens (tertiary/aromatic N) is 4. The molecule has 0 spiro atoms. The SMILES string of the molecule is COc1cc(C(=O)N2CCC[C@@H](c3noc(-c4ccccn4)n3)C2)cc(OC)c1OC. The molecule has 0 unspecified atom stereocenters. The second kappa shape index (κ2) is 9.03. The molecule has 0 radical (unpaired) electrons. The van der Waals surface area contributed by atoms with Crippen LogP contribution in [0.4, 0.5) is 0 Å². The summed E-state index contributed by atoms with van der Waals surface area (Å²) in [6.45, 7) is 1.15. The van der Waals surface area contributed by atoms with Gasteiger partial charge in [0, 0.05) is 30.8 Å². The highest BCUT2D eigenvalue weighted by molar-refractivity contribution is 5.95. The lowest BCUT2D eigenvalue weighted by Crippen LogP contribution is -2.39. The maximum Gasteiger partial charge on any atom is 0.276 e.